The number of ether oxygens (including phenoxy) is 1. The normalized spacial score (nSPS) is 10.0. The van der Waals surface area contributed by atoms with Crippen LogP contribution < -0.4 is 10.6 Å². The Balaban J connectivity index is 2.32. The van der Waals surface area contributed by atoms with Gasteiger partial charge in [-0.05, 0) is 6.42 Å². The molecule has 106 valence electrons. The number of rotatable bonds is 7. The number of nitrogens with zero attached hydrogens (tertiary/aromatic N) is 1. The van der Waals surface area contributed by atoms with Crippen LogP contribution in [0.25, 0.3) is 0 Å². The van der Waals surface area contributed by atoms with E-state index in [1.807, 2.05) is 0 Å². The summed E-state index contributed by atoms with van der Waals surface area (Å²) < 4.78 is 4.46. The van der Waals surface area contributed by atoms with Crippen LogP contribution in [0.1, 0.15) is 31.9 Å². The van der Waals surface area contributed by atoms with Gasteiger partial charge >= 0.3 is 6.09 Å². The number of methoxy groups -OCH3 is 1. The molecular weight excluding hydrogens is 266 g/mol. The lowest BCUT2D eigenvalue weighted by Gasteiger charge is -2.02. The van der Waals surface area contributed by atoms with E-state index < -0.39 is 6.09 Å². The smallest absolute Gasteiger partial charge is 0.413 e. The van der Waals surface area contributed by atoms with Crippen molar-refractivity contribution in [1.29, 1.82) is 0 Å². The Bertz CT molecular complexity index is 420. The summed E-state index contributed by atoms with van der Waals surface area (Å²) in [6, 6.07) is 0. The van der Waals surface area contributed by atoms with Crippen LogP contribution in [-0.2, 0) is 16.0 Å². The molecule has 0 aliphatic rings. The van der Waals surface area contributed by atoms with Gasteiger partial charge in [0.15, 0.2) is 5.13 Å². The maximum absolute atomic E-state index is 11.6. The van der Waals surface area contributed by atoms with Crippen molar-refractivity contribution in [3.05, 3.63) is 11.1 Å². The maximum Gasteiger partial charge on any atom is 0.413 e. The predicted octanol–water partition coefficient (Wildman–Crippen LogP) is 2.17. The first kappa shape index (κ1) is 15.4. The molecular formula is C12H19N3O3S. The van der Waals surface area contributed by atoms with Crippen LogP contribution in [0.4, 0.5) is 9.93 Å². The molecule has 0 aliphatic heterocycles. The highest BCUT2D eigenvalue weighted by Gasteiger charge is 2.09. The molecule has 1 aromatic heterocycles. The highest BCUT2D eigenvalue weighted by atomic mass is 32.1. The Morgan fingerprint density at radius 2 is 2.21 bits per heavy atom. The van der Waals surface area contributed by atoms with E-state index >= 15 is 0 Å². The summed E-state index contributed by atoms with van der Waals surface area (Å²) in [5.74, 6) is -0.0500. The van der Waals surface area contributed by atoms with Crippen LogP contribution in [0, 0.1) is 0 Å². The highest BCUT2D eigenvalue weighted by molar-refractivity contribution is 7.13. The zero-order valence-electron chi connectivity index (χ0n) is 11.2. The highest BCUT2D eigenvalue weighted by Crippen LogP contribution is 2.15. The molecule has 0 atom stereocenters. The second-order valence-corrected chi connectivity index (χ2v) is 4.85. The van der Waals surface area contributed by atoms with Gasteiger partial charge in [0, 0.05) is 11.9 Å². The molecule has 1 heterocycles. The minimum absolute atomic E-state index is 0.0500. The average Bonchev–Trinajstić information content (AvgIpc) is 2.81. The van der Waals surface area contributed by atoms with Gasteiger partial charge < -0.3 is 10.1 Å². The summed E-state index contributed by atoms with van der Waals surface area (Å²) in [6.07, 6.45) is 2.90. The second kappa shape index (κ2) is 8.47. The van der Waals surface area contributed by atoms with Gasteiger partial charge in [0.05, 0.1) is 19.2 Å². The Labute approximate surface area is 116 Å². The van der Waals surface area contributed by atoms with Gasteiger partial charge in [-0.1, -0.05) is 19.8 Å². The molecule has 1 aromatic rings. The van der Waals surface area contributed by atoms with E-state index in [2.05, 4.69) is 27.3 Å². The summed E-state index contributed by atoms with van der Waals surface area (Å²) in [6.45, 7) is 2.82. The van der Waals surface area contributed by atoms with E-state index in [1.165, 1.54) is 18.4 Å². The van der Waals surface area contributed by atoms with E-state index in [0.29, 0.717) is 17.4 Å². The van der Waals surface area contributed by atoms with E-state index in [4.69, 9.17) is 0 Å². The van der Waals surface area contributed by atoms with E-state index in [1.54, 1.807) is 5.38 Å². The van der Waals surface area contributed by atoms with Crippen LogP contribution in [0.5, 0.6) is 0 Å². The molecule has 0 radical (unpaired) electrons. The number of amides is 2. The predicted molar refractivity (Wildman–Crippen MR) is 74.4 cm³/mol. The summed E-state index contributed by atoms with van der Waals surface area (Å²) in [4.78, 5) is 26.7. The largest absolute Gasteiger partial charge is 0.453 e. The number of hydrogen-bond donors (Lipinski definition) is 2. The fraction of sp³-hybridized carbons (Fsp3) is 0.583. The van der Waals surface area contributed by atoms with E-state index in [0.717, 1.165) is 19.3 Å². The van der Waals surface area contributed by atoms with Crippen molar-refractivity contribution in [3.8, 4) is 0 Å². The summed E-state index contributed by atoms with van der Waals surface area (Å²) >= 11 is 1.26. The third-order valence-corrected chi connectivity index (χ3v) is 3.20. The minimum Gasteiger partial charge on any atom is -0.453 e. The molecule has 1 rings (SSSR count). The SMILES string of the molecule is CCCCCNC(=O)Cc1csc(NC(=O)OC)n1. The molecule has 19 heavy (non-hydrogen) atoms. The number of anilines is 1. The van der Waals surface area contributed by atoms with Gasteiger partial charge in [-0.15, -0.1) is 11.3 Å². The van der Waals surface area contributed by atoms with Crippen molar-refractivity contribution in [1.82, 2.24) is 10.3 Å². The molecule has 0 aliphatic carbocycles. The Kier molecular flexibility index (Phi) is 6.88. The zero-order valence-corrected chi connectivity index (χ0v) is 12.0. The topological polar surface area (TPSA) is 80.3 Å². The fourth-order valence-electron chi connectivity index (χ4n) is 1.41. The molecule has 0 spiro atoms. The molecule has 0 saturated heterocycles. The molecule has 0 aromatic carbocycles. The lowest BCUT2D eigenvalue weighted by Crippen LogP contribution is -2.26. The quantitative estimate of drug-likeness (QED) is 0.752. The monoisotopic (exact) mass is 285 g/mol. The van der Waals surface area contributed by atoms with Crippen molar-refractivity contribution >= 4 is 28.5 Å². The Morgan fingerprint density at radius 3 is 2.89 bits per heavy atom. The summed E-state index contributed by atoms with van der Waals surface area (Å²) in [5.41, 5.74) is 0.643. The molecule has 7 heteroatoms. The molecule has 0 bridgehead atoms. The van der Waals surface area contributed by atoms with E-state index in [-0.39, 0.29) is 12.3 Å². The van der Waals surface area contributed by atoms with Crippen molar-refractivity contribution in [3.63, 3.8) is 0 Å². The standard InChI is InChI=1S/C12H19N3O3S/c1-3-4-5-6-13-10(16)7-9-8-19-11(14-9)15-12(17)18-2/h8H,3-7H2,1-2H3,(H,13,16)(H,14,15,17). The molecule has 6 nitrogen and oxygen atoms in total. The molecule has 0 saturated carbocycles. The molecule has 2 N–H and O–H groups in total. The van der Waals surface area contributed by atoms with Crippen LogP contribution in [0.2, 0.25) is 0 Å². The van der Waals surface area contributed by atoms with Gasteiger partial charge in [0.1, 0.15) is 0 Å². The van der Waals surface area contributed by atoms with Crippen LogP contribution >= 0.6 is 11.3 Å². The minimum atomic E-state index is -0.565. The number of hydrogen-bond acceptors (Lipinski definition) is 5. The summed E-state index contributed by atoms with van der Waals surface area (Å²) in [5, 5.41) is 7.48. The van der Waals surface area contributed by atoms with Gasteiger partial charge in [0.25, 0.3) is 0 Å². The lowest BCUT2D eigenvalue weighted by molar-refractivity contribution is -0.120. The van der Waals surface area contributed by atoms with Gasteiger partial charge in [-0.25, -0.2) is 9.78 Å². The number of unbranched alkanes of at least 4 members (excludes halogenated alkanes) is 2. The number of nitrogens with one attached hydrogen (secondary N) is 2. The van der Waals surface area contributed by atoms with Gasteiger partial charge in [-0.3, -0.25) is 10.1 Å². The fourth-order valence-corrected chi connectivity index (χ4v) is 2.11. The number of carbonyl (C=O) groups excluding carboxylic acids is 2. The second-order valence-electron chi connectivity index (χ2n) is 3.99. The van der Waals surface area contributed by atoms with Crippen molar-refractivity contribution in [2.45, 2.75) is 32.6 Å². The Morgan fingerprint density at radius 1 is 1.42 bits per heavy atom. The van der Waals surface area contributed by atoms with Crippen LogP contribution in [-0.4, -0.2) is 30.6 Å². The average molecular weight is 285 g/mol. The first-order valence-corrected chi connectivity index (χ1v) is 7.09. The molecule has 0 fully saturated rings. The lowest BCUT2D eigenvalue weighted by atomic mass is 10.2. The first-order valence-electron chi connectivity index (χ1n) is 6.21. The number of thiazole rings is 1. The third-order valence-electron chi connectivity index (χ3n) is 2.39. The maximum atomic E-state index is 11.6. The van der Waals surface area contributed by atoms with Crippen molar-refractivity contribution < 1.29 is 14.3 Å². The van der Waals surface area contributed by atoms with Crippen LogP contribution in [0.15, 0.2) is 5.38 Å². The van der Waals surface area contributed by atoms with Crippen molar-refractivity contribution in [2.75, 3.05) is 19.0 Å². The van der Waals surface area contributed by atoms with E-state index in [9.17, 15) is 9.59 Å². The number of carbonyl (C=O) groups is 2. The van der Waals surface area contributed by atoms with Gasteiger partial charge in [-0.2, -0.15) is 0 Å². The van der Waals surface area contributed by atoms with Gasteiger partial charge in [0.2, 0.25) is 5.91 Å². The zero-order chi connectivity index (χ0) is 14.1. The van der Waals surface area contributed by atoms with Crippen molar-refractivity contribution in [2.24, 2.45) is 0 Å². The summed E-state index contributed by atoms with van der Waals surface area (Å²) in [7, 11) is 1.29. The third kappa shape index (κ3) is 6.19. The number of aromatic nitrogens is 1. The Hall–Kier alpha value is -1.63. The first-order chi connectivity index (χ1) is 9.15. The van der Waals surface area contributed by atoms with Crippen LogP contribution in [0.3, 0.4) is 0 Å². The molecule has 2 amide bonds. The molecule has 0 unspecified atom stereocenters.